The van der Waals surface area contributed by atoms with Gasteiger partial charge >= 0.3 is 0 Å². The number of benzene rings is 1. The van der Waals surface area contributed by atoms with Crippen LogP contribution in [0, 0.1) is 6.92 Å². The minimum absolute atomic E-state index is 0.0533. The molecule has 0 fully saturated rings. The molecule has 3 nitrogen and oxygen atoms in total. The van der Waals surface area contributed by atoms with Crippen LogP contribution in [0.2, 0.25) is 4.34 Å². The molecular formula is C15H16BrClN2OS. The summed E-state index contributed by atoms with van der Waals surface area (Å²) in [4.78, 5) is 13.0. The number of thiophene rings is 1. The van der Waals surface area contributed by atoms with Crippen LogP contribution >= 0.6 is 38.9 Å². The van der Waals surface area contributed by atoms with Crippen LogP contribution in [0.1, 0.15) is 27.7 Å². The van der Waals surface area contributed by atoms with Gasteiger partial charge in [0.15, 0.2) is 0 Å². The lowest BCUT2D eigenvalue weighted by Gasteiger charge is -2.11. The first-order valence-corrected chi connectivity index (χ1v) is 8.56. The van der Waals surface area contributed by atoms with E-state index in [-0.39, 0.29) is 5.91 Å². The van der Waals surface area contributed by atoms with E-state index in [9.17, 15) is 4.79 Å². The van der Waals surface area contributed by atoms with Gasteiger partial charge in [-0.25, -0.2) is 0 Å². The van der Waals surface area contributed by atoms with Crippen LogP contribution in [-0.2, 0) is 6.54 Å². The highest BCUT2D eigenvalue weighted by Crippen LogP contribution is 2.32. The van der Waals surface area contributed by atoms with Crippen LogP contribution in [0.3, 0.4) is 0 Å². The van der Waals surface area contributed by atoms with Crippen LogP contribution < -0.4 is 10.6 Å². The molecule has 2 aromatic rings. The van der Waals surface area contributed by atoms with Gasteiger partial charge in [0, 0.05) is 33.7 Å². The second kappa shape index (κ2) is 7.29. The highest BCUT2D eigenvalue weighted by molar-refractivity contribution is 9.10. The molecule has 0 aliphatic carbocycles. The zero-order valence-electron chi connectivity index (χ0n) is 11.8. The monoisotopic (exact) mass is 386 g/mol. The molecule has 0 unspecified atom stereocenters. The predicted octanol–water partition coefficient (Wildman–Crippen LogP) is 4.83. The summed E-state index contributed by atoms with van der Waals surface area (Å²) in [6.45, 7) is 5.22. The normalized spacial score (nSPS) is 10.5. The maximum atomic E-state index is 11.9. The first-order chi connectivity index (χ1) is 10.0. The van der Waals surface area contributed by atoms with Crippen molar-refractivity contribution in [1.82, 2.24) is 5.32 Å². The number of anilines is 1. The average Bonchev–Trinajstić information content (AvgIpc) is 2.77. The van der Waals surface area contributed by atoms with Crippen LogP contribution in [-0.4, -0.2) is 12.5 Å². The molecule has 0 aliphatic rings. The van der Waals surface area contributed by atoms with E-state index in [1.165, 1.54) is 11.3 Å². The Balaban J connectivity index is 2.11. The van der Waals surface area contributed by atoms with E-state index in [0.29, 0.717) is 18.7 Å². The van der Waals surface area contributed by atoms with Crippen LogP contribution in [0.4, 0.5) is 5.69 Å². The summed E-state index contributed by atoms with van der Waals surface area (Å²) in [5.74, 6) is -0.0533. The molecule has 112 valence electrons. The van der Waals surface area contributed by atoms with Crippen LogP contribution in [0.5, 0.6) is 0 Å². The Kier molecular flexibility index (Phi) is 5.67. The van der Waals surface area contributed by atoms with E-state index >= 15 is 0 Å². The van der Waals surface area contributed by atoms with Crippen molar-refractivity contribution in [2.45, 2.75) is 20.4 Å². The molecule has 2 N–H and O–H groups in total. The van der Waals surface area contributed by atoms with Crippen LogP contribution in [0.15, 0.2) is 28.7 Å². The third-order valence-corrected chi connectivity index (χ3v) is 5.46. The number of hydrogen-bond acceptors (Lipinski definition) is 3. The van der Waals surface area contributed by atoms with Gasteiger partial charge in [-0.1, -0.05) is 17.7 Å². The van der Waals surface area contributed by atoms with Crippen molar-refractivity contribution in [3.05, 3.63) is 49.1 Å². The summed E-state index contributed by atoms with van der Waals surface area (Å²) < 4.78 is 1.67. The van der Waals surface area contributed by atoms with Gasteiger partial charge in [-0.2, -0.15) is 0 Å². The number of halogens is 2. The fourth-order valence-corrected chi connectivity index (χ4v) is 3.61. The smallest absolute Gasteiger partial charge is 0.251 e. The number of amides is 1. The Labute approximate surface area is 141 Å². The standard InChI is InChI=1S/C15H16BrClN2OS/c1-3-18-15(20)10-5-4-9(2)13(6-10)19-8-11-7-12(16)14(17)21-11/h4-7,19H,3,8H2,1-2H3,(H,18,20). The lowest BCUT2D eigenvalue weighted by Crippen LogP contribution is -2.22. The van der Waals surface area contributed by atoms with E-state index in [1.807, 2.05) is 38.1 Å². The van der Waals surface area contributed by atoms with E-state index in [1.54, 1.807) is 0 Å². The molecule has 0 aliphatic heterocycles. The molecule has 1 heterocycles. The summed E-state index contributed by atoms with van der Waals surface area (Å²) >= 11 is 11.0. The molecule has 2 rings (SSSR count). The van der Waals surface area contributed by atoms with Gasteiger partial charge in [0.05, 0.1) is 0 Å². The summed E-state index contributed by atoms with van der Waals surface area (Å²) in [6, 6.07) is 7.67. The Hall–Kier alpha value is -1.04. The fourth-order valence-electron chi connectivity index (χ4n) is 1.88. The van der Waals surface area contributed by atoms with Gasteiger partial charge in [-0.05, 0) is 53.5 Å². The number of hydrogen-bond donors (Lipinski definition) is 2. The highest BCUT2D eigenvalue weighted by Gasteiger charge is 2.08. The third-order valence-electron chi connectivity index (χ3n) is 2.99. The van der Waals surface area contributed by atoms with Crippen molar-refractivity contribution in [2.75, 3.05) is 11.9 Å². The van der Waals surface area contributed by atoms with Gasteiger partial charge in [-0.15, -0.1) is 11.3 Å². The summed E-state index contributed by atoms with van der Waals surface area (Å²) in [6.07, 6.45) is 0. The minimum Gasteiger partial charge on any atom is -0.380 e. The number of nitrogens with one attached hydrogen (secondary N) is 2. The van der Waals surface area contributed by atoms with Gasteiger partial charge in [-0.3, -0.25) is 4.79 Å². The molecule has 0 radical (unpaired) electrons. The zero-order valence-corrected chi connectivity index (χ0v) is 15.0. The van der Waals surface area contributed by atoms with Gasteiger partial charge < -0.3 is 10.6 Å². The molecule has 21 heavy (non-hydrogen) atoms. The largest absolute Gasteiger partial charge is 0.380 e. The van der Waals surface area contributed by atoms with Crippen molar-refractivity contribution in [1.29, 1.82) is 0 Å². The van der Waals surface area contributed by atoms with Crippen molar-refractivity contribution < 1.29 is 4.79 Å². The zero-order chi connectivity index (χ0) is 15.4. The highest BCUT2D eigenvalue weighted by atomic mass is 79.9. The lowest BCUT2D eigenvalue weighted by molar-refractivity contribution is 0.0956. The van der Waals surface area contributed by atoms with Crippen LogP contribution in [0.25, 0.3) is 0 Å². The van der Waals surface area contributed by atoms with Crippen molar-refractivity contribution in [2.24, 2.45) is 0 Å². The number of carbonyl (C=O) groups excluding carboxylic acids is 1. The number of aryl methyl sites for hydroxylation is 1. The molecular weight excluding hydrogens is 372 g/mol. The quantitative estimate of drug-likeness (QED) is 0.771. The minimum atomic E-state index is -0.0533. The van der Waals surface area contributed by atoms with E-state index in [4.69, 9.17) is 11.6 Å². The SMILES string of the molecule is CCNC(=O)c1ccc(C)c(NCc2cc(Br)c(Cl)s2)c1. The third kappa shape index (κ3) is 4.22. The Bertz CT molecular complexity index is 638. The van der Waals surface area contributed by atoms with Crippen molar-refractivity contribution in [3.8, 4) is 0 Å². The summed E-state index contributed by atoms with van der Waals surface area (Å²) in [5.41, 5.74) is 2.72. The number of carbonyl (C=O) groups is 1. The second-order valence-corrected chi connectivity index (χ2v) is 7.17. The molecule has 0 bridgehead atoms. The summed E-state index contributed by atoms with van der Waals surface area (Å²) in [5, 5.41) is 6.16. The van der Waals surface area contributed by atoms with Crippen molar-refractivity contribution >= 4 is 50.5 Å². The van der Waals surface area contributed by atoms with E-state index in [0.717, 1.165) is 24.9 Å². The first-order valence-electron chi connectivity index (χ1n) is 6.57. The average molecular weight is 388 g/mol. The van der Waals surface area contributed by atoms with E-state index < -0.39 is 0 Å². The Morgan fingerprint density at radius 2 is 2.14 bits per heavy atom. The topological polar surface area (TPSA) is 41.1 Å². The summed E-state index contributed by atoms with van der Waals surface area (Å²) in [7, 11) is 0. The molecule has 1 aromatic heterocycles. The van der Waals surface area contributed by atoms with Gasteiger partial charge in [0.25, 0.3) is 5.91 Å². The molecule has 0 saturated carbocycles. The Morgan fingerprint density at radius 3 is 2.76 bits per heavy atom. The van der Waals surface area contributed by atoms with Crippen molar-refractivity contribution in [3.63, 3.8) is 0 Å². The predicted molar refractivity (Wildman–Crippen MR) is 93.5 cm³/mol. The molecule has 1 amide bonds. The Morgan fingerprint density at radius 1 is 1.38 bits per heavy atom. The molecule has 6 heteroatoms. The lowest BCUT2D eigenvalue weighted by atomic mass is 10.1. The number of rotatable bonds is 5. The van der Waals surface area contributed by atoms with E-state index in [2.05, 4.69) is 26.6 Å². The molecule has 0 spiro atoms. The molecule has 1 aromatic carbocycles. The maximum Gasteiger partial charge on any atom is 0.251 e. The van der Waals surface area contributed by atoms with Gasteiger partial charge in [0.2, 0.25) is 0 Å². The molecule has 0 saturated heterocycles. The second-order valence-electron chi connectivity index (χ2n) is 4.58. The molecule has 0 atom stereocenters. The van der Waals surface area contributed by atoms with Gasteiger partial charge in [0.1, 0.15) is 4.34 Å². The first kappa shape index (κ1) is 16.3. The fraction of sp³-hybridized carbons (Fsp3) is 0.267. The maximum absolute atomic E-state index is 11.9.